The van der Waals surface area contributed by atoms with Crippen molar-refractivity contribution in [3.63, 3.8) is 0 Å². The van der Waals surface area contributed by atoms with E-state index in [1.807, 2.05) is 52.8 Å². The van der Waals surface area contributed by atoms with Crippen molar-refractivity contribution in [2.75, 3.05) is 19.7 Å². The highest BCUT2D eigenvalue weighted by Gasteiger charge is 2.61. The SMILES string of the molecule is CCc1ccccc1OCC(C)(C)NC(=O)C1C2CN(C(=O)OC(C)(C)C)CC21. The number of nitrogens with zero attached hydrogens (tertiary/aromatic N) is 1. The van der Waals surface area contributed by atoms with Crippen LogP contribution in [0.2, 0.25) is 0 Å². The van der Waals surface area contributed by atoms with Gasteiger partial charge in [-0.25, -0.2) is 4.79 Å². The molecule has 0 aromatic heterocycles. The number of rotatable bonds is 6. The Morgan fingerprint density at radius 2 is 1.72 bits per heavy atom. The number of fused-ring (bicyclic) bond motifs is 1. The Bertz CT molecular complexity index is 756. The van der Waals surface area contributed by atoms with E-state index in [0.717, 1.165) is 17.7 Å². The fourth-order valence-electron chi connectivity index (χ4n) is 4.04. The second-order valence-corrected chi connectivity index (χ2v) is 9.86. The molecule has 6 heteroatoms. The fourth-order valence-corrected chi connectivity index (χ4v) is 4.04. The maximum absolute atomic E-state index is 12.8. The molecule has 1 aliphatic heterocycles. The molecule has 6 nitrogen and oxygen atoms in total. The van der Waals surface area contributed by atoms with Crippen LogP contribution in [0.3, 0.4) is 0 Å². The minimum absolute atomic E-state index is 0.0177. The predicted molar refractivity (Wildman–Crippen MR) is 112 cm³/mol. The molecule has 3 rings (SSSR count). The maximum atomic E-state index is 12.8. The quantitative estimate of drug-likeness (QED) is 0.789. The van der Waals surface area contributed by atoms with Gasteiger partial charge < -0.3 is 19.7 Å². The van der Waals surface area contributed by atoms with Crippen LogP contribution >= 0.6 is 0 Å². The smallest absolute Gasteiger partial charge is 0.410 e. The first-order valence-corrected chi connectivity index (χ1v) is 10.5. The first-order valence-electron chi connectivity index (χ1n) is 10.5. The predicted octanol–water partition coefficient (Wildman–Crippen LogP) is 3.64. The van der Waals surface area contributed by atoms with Gasteiger partial charge in [-0.2, -0.15) is 0 Å². The van der Waals surface area contributed by atoms with Crippen LogP contribution in [0.5, 0.6) is 5.75 Å². The van der Waals surface area contributed by atoms with Crippen LogP contribution < -0.4 is 10.1 Å². The summed E-state index contributed by atoms with van der Waals surface area (Å²) in [5.41, 5.74) is 0.189. The van der Waals surface area contributed by atoms with Gasteiger partial charge in [-0.05, 0) is 64.5 Å². The van der Waals surface area contributed by atoms with Gasteiger partial charge in [0.15, 0.2) is 0 Å². The molecule has 1 aromatic rings. The summed E-state index contributed by atoms with van der Waals surface area (Å²) in [7, 11) is 0. The number of ether oxygens (including phenoxy) is 2. The van der Waals surface area contributed by atoms with Crippen LogP contribution in [-0.4, -0.2) is 47.7 Å². The number of nitrogens with one attached hydrogen (secondary N) is 1. The van der Waals surface area contributed by atoms with Gasteiger partial charge in [0.2, 0.25) is 5.91 Å². The van der Waals surface area contributed by atoms with Crippen molar-refractivity contribution in [3.05, 3.63) is 29.8 Å². The van der Waals surface area contributed by atoms with E-state index in [-0.39, 0.29) is 29.8 Å². The van der Waals surface area contributed by atoms with Gasteiger partial charge in [0.05, 0.1) is 5.54 Å². The molecule has 1 aromatic carbocycles. The van der Waals surface area contributed by atoms with Gasteiger partial charge in [0.25, 0.3) is 0 Å². The zero-order valence-electron chi connectivity index (χ0n) is 18.5. The van der Waals surface area contributed by atoms with E-state index in [1.54, 1.807) is 4.90 Å². The lowest BCUT2D eigenvalue weighted by atomic mass is 10.1. The van der Waals surface area contributed by atoms with Crippen LogP contribution in [-0.2, 0) is 16.0 Å². The van der Waals surface area contributed by atoms with Gasteiger partial charge in [-0.3, -0.25) is 4.79 Å². The largest absolute Gasteiger partial charge is 0.491 e. The van der Waals surface area contributed by atoms with E-state index >= 15 is 0 Å². The highest BCUT2D eigenvalue weighted by Crippen LogP contribution is 2.52. The molecule has 160 valence electrons. The van der Waals surface area contributed by atoms with Crippen molar-refractivity contribution in [3.8, 4) is 5.75 Å². The summed E-state index contributed by atoms with van der Waals surface area (Å²) in [5, 5.41) is 3.14. The van der Waals surface area contributed by atoms with Gasteiger partial charge in [0.1, 0.15) is 18.0 Å². The first kappa shape index (κ1) is 21.5. The summed E-state index contributed by atoms with van der Waals surface area (Å²) in [6.07, 6.45) is 0.620. The molecule has 0 radical (unpaired) electrons. The minimum atomic E-state index is -0.499. The standard InChI is InChI=1S/C23H34N2O4/c1-7-15-10-8-9-11-18(15)28-14-23(5,6)24-20(26)19-16-12-25(13-17(16)19)21(27)29-22(2,3)4/h8-11,16-17,19H,7,12-14H2,1-6H3,(H,24,26). The van der Waals surface area contributed by atoms with Crippen LogP contribution in [0.15, 0.2) is 24.3 Å². The van der Waals surface area contributed by atoms with E-state index in [4.69, 9.17) is 9.47 Å². The fraction of sp³-hybridized carbons (Fsp3) is 0.652. The molecule has 0 spiro atoms. The molecule has 2 atom stereocenters. The van der Waals surface area contributed by atoms with Gasteiger partial charge in [0, 0.05) is 19.0 Å². The molecule has 1 saturated carbocycles. The number of likely N-dealkylation sites (tertiary alicyclic amines) is 1. The Morgan fingerprint density at radius 3 is 2.31 bits per heavy atom. The van der Waals surface area contributed by atoms with Crippen LogP contribution in [0, 0.1) is 17.8 Å². The Morgan fingerprint density at radius 1 is 1.10 bits per heavy atom. The molecular formula is C23H34N2O4. The van der Waals surface area contributed by atoms with E-state index in [1.165, 1.54) is 0 Å². The van der Waals surface area contributed by atoms with Crippen molar-refractivity contribution in [1.29, 1.82) is 0 Å². The van der Waals surface area contributed by atoms with Crippen molar-refractivity contribution >= 4 is 12.0 Å². The molecule has 1 N–H and O–H groups in total. The van der Waals surface area contributed by atoms with Crippen molar-refractivity contribution in [2.24, 2.45) is 17.8 Å². The number of hydrogen-bond acceptors (Lipinski definition) is 4. The Hall–Kier alpha value is -2.24. The number of aryl methyl sites for hydroxylation is 1. The number of carbonyl (C=O) groups excluding carboxylic acids is 2. The lowest BCUT2D eigenvalue weighted by molar-refractivity contribution is -0.125. The van der Waals surface area contributed by atoms with E-state index in [0.29, 0.717) is 19.7 Å². The molecule has 29 heavy (non-hydrogen) atoms. The van der Waals surface area contributed by atoms with Crippen LogP contribution in [0.25, 0.3) is 0 Å². The van der Waals surface area contributed by atoms with Crippen molar-refractivity contribution in [2.45, 2.75) is 59.1 Å². The molecular weight excluding hydrogens is 368 g/mol. The Labute approximate surface area is 173 Å². The van der Waals surface area contributed by atoms with Crippen molar-refractivity contribution in [1.82, 2.24) is 10.2 Å². The average Bonchev–Trinajstić information content (AvgIpc) is 3.13. The van der Waals surface area contributed by atoms with Gasteiger partial charge >= 0.3 is 6.09 Å². The maximum Gasteiger partial charge on any atom is 0.410 e. The summed E-state index contributed by atoms with van der Waals surface area (Å²) in [6, 6.07) is 7.99. The van der Waals surface area contributed by atoms with E-state index < -0.39 is 11.1 Å². The minimum Gasteiger partial charge on any atom is -0.491 e. The normalized spacial score (nSPS) is 23.4. The molecule has 1 heterocycles. The molecule has 0 bridgehead atoms. The number of amides is 2. The van der Waals surface area contributed by atoms with Crippen molar-refractivity contribution < 1.29 is 19.1 Å². The zero-order chi connectivity index (χ0) is 21.4. The summed E-state index contributed by atoms with van der Waals surface area (Å²) in [6.45, 7) is 13.2. The number of para-hydroxylation sites is 1. The second-order valence-electron chi connectivity index (χ2n) is 9.86. The summed E-state index contributed by atoms with van der Waals surface area (Å²) < 4.78 is 11.4. The Balaban J connectivity index is 1.47. The molecule has 2 unspecified atom stereocenters. The lowest BCUT2D eigenvalue weighted by Gasteiger charge is -2.28. The molecule has 1 aliphatic carbocycles. The first-order chi connectivity index (χ1) is 13.5. The molecule has 1 saturated heterocycles. The van der Waals surface area contributed by atoms with E-state index in [9.17, 15) is 9.59 Å². The highest BCUT2D eigenvalue weighted by molar-refractivity contribution is 5.84. The van der Waals surface area contributed by atoms with Gasteiger partial charge in [-0.15, -0.1) is 0 Å². The second kappa shape index (κ2) is 7.88. The molecule has 2 amide bonds. The monoisotopic (exact) mass is 402 g/mol. The summed E-state index contributed by atoms with van der Waals surface area (Å²) in [5.74, 6) is 1.38. The average molecular weight is 403 g/mol. The Kier molecular flexibility index (Phi) is 5.84. The third-order valence-electron chi connectivity index (χ3n) is 5.55. The van der Waals surface area contributed by atoms with E-state index in [2.05, 4.69) is 18.3 Å². The third-order valence-corrected chi connectivity index (χ3v) is 5.55. The zero-order valence-corrected chi connectivity index (χ0v) is 18.5. The number of benzene rings is 1. The number of hydrogen-bond donors (Lipinski definition) is 1. The highest BCUT2D eigenvalue weighted by atomic mass is 16.6. The topological polar surface area (TPSA) is 67.9 Å². The number of carbonyl (C=O) groups is 2. The molecule has 2 aliphatic rings. The summed E-state index contributed by atoms with van der Waals surface area (Å²) >= 11 is 0. The van der Waals surface area contributed by atoms with Crippen LogP contribution in [0.4, 0.5) is 4.79 Å². The van der Waals surface area contributed by atoms with Gasteiger partial charge in [-0.1, -0.05) is 25.1 Å². The van der Waals surface area contributed by atoms with Crippen LogP contribution in [0.1, 0.15) is 47.1 Å². The number of piperidine rings is 1. The summed E-state index contributed by atoms with van der Waals surface area (Å²) in [4.78, 5) is 26.7. The third kappa shape index (κ3) is 5.22. The lowest BCUT2D eigenvalue weighted by Crippen LogP contribution is -2.49. The molecule has 2 fully saturated rings.